The maximum atomic E-state index is 4.56. The third-order valence-electron chi connectivity index (χ3n) is 4.55. The minimum absolute atomic E-state index is 0.801. The van der Waals surface area contributed by atoms with Crippen molar-refractivity contribution < 1.29 is 0 Å². The largest absolute Gasteiger partial charge is 0.337 e. The van der Waals surface area contributed by atoms with E-state index in [4.69, 9.17) is 0 Å². The summed E-state index contributed by atoms with van der Waals surface area (Å²) in [5.74, 6) is 2.12. The van der Waals surface area contributed by atoms with Gasteiger partial charge in [0.1, 0.15) is 6.33 Å². The Morgan fingerprint density at radius 1 is 1.06 bits per heavy atom. The van der Waals surface area contributed by atoms with Gasteiger partial charge in [-0.25, -0.2) is 9.97 Å². The SMILES string of the molecule is c1nc([N+]23CCC(CC2)CC3)c2[nH]cnc2n1. The van der Waals surface area contributed by atoms with E-state index in [1.165, 1.54) is 38.9 Å². The summed E-state index contributed by atoms with van der Waals surface area (Å²) < 4.78 is 1.04. The summed E-state index contributed by atoms with van der Waals surface area (Å²) in [6.45, 7) is 3.70. The summed E-state index contributed by atoms with van der Waals surface area (Å²) in [4.78, 5) is 16.2. The van der Waals surface area contributed by atoms with Gasteiger partial charge in [0.15, 0.2) is 11.2 Å². The molecule has 5 nitrogen and oxygen atoms in total. The van der Waals surface area contributed by atoms with Crippen molar-refractivity contribution >= 4 is 17.0 Å². The second-order valence-electron chi connectivity index (χ2n) is 5.35. The molecule has 3 aliphatic heterocycles. The van der Waals surface area contributed by atoms with Crippen LogP contribution in [0.5, 0.6) is 0 Å². The zero-order valence-electron chi connectivity index (χ0n) is 9.76. The fourth-order valence-corrected chi connectivity index (χ4v) is 3.49. The van der Waals surface area contributed by atoms with E-state index >= 15 is 0 Å². The van der Waals surface area contributed by atoms with Gasteiger partial charge in [-0.3, -0.25) is 4.48 Å². The first-order valence-electron chi connectivity index (χ1n) is 6.38. The number of fused-ring (bicyclic) bond motifs is 4. The third-order valence-corrected chi connectivity index (χ3v) is 4.55. The lowest BCUT2D eigenvalue weighted by Gasteiger charge is -2.47. The minimum atomic E-state index is 0.801. The second kappa shape index (κ2) is 3.26. The predicted molar refractivity (Wildman–Crippen MR) is 65.4 cm³/mol. The molecule has 0 radical (unpaired) electrons. The summed E-state index contributed by atoms with van der Waals surface area (Å²) in [6.07, 6.45) is 7.42. The molecule has 88 valence electrons. The van der Waals surface area contributed by atoms with Crippen LogP contribution in [0.4, 0.5) is 5.82 Å². The van der Waals surface area contributed by atoms with E-state index in [2.05, 4.69) is 19.9 Å². The highest BCUT2D eigenvalue weighted by Crippen LogP contribution is 2.38. The zero-order chi connectivity index (χ0) is 11.3. The van der Waals surface area contributed by atoms with Crippen molar-refractivity contribution in [3.05, 3.63) is 12.7 Å². The highest BCUT2D eigenvalue weighted by molar-refractivity contribution is 5.81. The van der Waals surface area contributed by atoms with Crippen LogP contribution in [-0.4, -0.2) is 39.6 Å². The van der Waals surface area contributed by atoms with Crippen molar-refractivity contribution in [3.63, 3.8) is 0 Å². The van der Waals surface area contributed by atoms with E-state index in [9.17, 15) is 0 Å². The molecule has 0 unspecified atom stereocenters. The second-order valence-corrected chi connectivity index (χ2v) is 5.35. The average Bonchev–Trinajstić information content (AvgIpc) is 2.89. The molecule has 2 aromatic rings. The molecule has 5 heteroatoms. The van der Waals surface area contributed by atoms with Crippen LogP contribution < -0.4 is 4.48 Å². The molecule has 5 heterocycles. The Kier molecular flexibility index (Phi) is 1.83. The van der Waals surface area contributed by atoms with Gasteiger partial charge in [0, 0.05) is 19.3 Å². The molecule has 3 saturated heterocycles. The number of H-pyrrole nitrogens is 1. The lowest BCUT2D eigenvalue weighted by atomic mass is 9.85. The van der Waals surface area contributed by atoms with E-state index in [1.807, 2.05) is 0 Å². The summed E-state index contributed by atoms with van der Waals surface area (Å²) in [5.41, 5.74) is 1.84. The first-order chi connectivity index (χ1) is 8.37. The first-order valence-corrected chi connectivity index (χ1v) is 6.38. The average molecular weight is 230 g/mol. The minimum Gasteiger partial charge on any atom is -0.337 e. The summed E-state index contributed by atoms with van der Waals surface area (Å²) in [5, 5.41) is 0. The van der Waals surface area contributed by atoms with Crippen molar-refractivity contribution in [2.75, 3.05) is 19.6 Å². The molecule has 0 atom stereocenters. The molecule has 0 amide bonds. The number of rotatable bonds is 1. The fourth-order valence-electron chi connectivity index (χ4n) is 3.49. The summed E-state index contributed by atoms with van der Waals surface area (Å²) in [7, 11) is 0. The number of hydrogen-bond acceptors (Lipinski definition) is 3. The number of nitrogens with zero attached hydrogens (tertiary/aromatic N) is 4. The monoisotopic (exact) mass is 230 g/mol. The van der Waals surface area contributed by atoms with Crippen LogP contribution in [0.1, 0.15) is 19.3 Å². The van der Waals surface area contributed by atoms with Gasteiger partial charge in [-0.1, -0.05) is 0 Å². The van der Waals surface area contributed by atoms with E-state index in [0.29, 0.717) is 0 Å². The highest BCUT2D eigenvalue weighted by Gasteiger charge is 2.43. The quantitative estimate of drug-likeness (QED) is 0.755. The number of nitrogens with one attached hydrogen (secondary N) is 1. The van der Waals surface area contributed by atoms with Gasteiger partial charge in [0.05, 0.1) is 26.0 Å². The maximum Gasteiger partial charge on any atom is 0.257 e. The van der Waals surface area contributed by atoms with Crippen LogP contribution in [0.15, 0.2) is 12.7 Å². The molecule has 2 aromatic heterocycles. The Balaban J connectivity index is 1.90. The third kappa shape index (κ3) is 1.26. The Labute approximate surface area is 99.5 Å². The molecule has 0 saturated carbocycles. The van der Waals surface area contributed by atoms with Crippen LogP contribution in [0.3, 0.4) is 0 Å². The number of aromatic amines is 1. The number of piperidine rings is 3. The number of quaternary nitrogens is 1. The molecule has 17 heavy (non-hydrogen) atoms. The molecule has 5 rings (SSSR count). The smallest absolute Gasteiger partial charge is 0.257 e. The van der Waals surface area contributed by atoms with Gasteiger partial charge in [-0.15, -0.1) is 0 Å². The lowest BCUT2D eigenvalue weighted by molar-refractivity contribution is 0.112. The number of imidazole rings is 1. The highest BCUT2D eigenvalue weighted by atomic mass is 15.4. The molecule has 2 bridgehead atoms. The Bertz CT molecular complexity index is 539. The van der Waals surface area contributed by atoms with E-state index in [1.54, 1.807) is 12.7 Å². The fraction of sp³-hybridized carbons (Fsp3) is 0.583. The zero-order valence-corrected chi connectivity index (χ0v) is 9.76. The standard InChI is InChI=1S/C12H16N5/c1-4-17(5-2-9(1)3-6-17)12-10-11(14-7-13-10)15-8-16-12/h7-9H,1-6H2,(H,13,14,15,16)/q+1. The van der Waals surface area contributed by atoms with Crippen molar-refractivity contribution in [3.8, 4) is 0 Å². The Hall–Kier alpha value is -1.49. The molecule has 0 spiro atoms. The number of aromatic nitrogens is 4. The molecular formula is C12H16N5+. The lowest BCUT2D eigenvalue weighted by Crippen LogP contribution is -2.59. The Morgan fingerprint density at radius 2 is 1.82 bits per heavy atom. The van der Waals surface area contributed by atoms with Gasteiger partial charge in [0.25, 0.3) is 5.82 Å². The molecular weight excluding hydrogens is 214 g/mol. The van der Waals surface area contributed by atoms with Gasteiger partial charge in [0.2, 0.25) is 0 Å². The van der Waals surface area contributed by atoms with Crippen LogP contribution in [0.25, 0.3) is 11.2 Å². The Morgan fingerprint density at radius 3 is 2.59 bits per heavy atom. The molecule has 1 N–H and O–H groups in total. The van der Waals surface area contributed by atoms with Crippen molar-refractivity contribution in [1.29, 1.82) is 0 Å². The van der Waals surface area contributed by atoms with Gasteiger partial charge in [-0.05, 0) is 5.92 Å². The molecule has 3 fully saturated rings. The summed E-state index contributed by atoms with van der Waals surface area (Å²) >= 11 is 0. The van der Waals surface area contributed by atoms with Crippen molar-refractivity contribution in [2.24, 2.45) is 5.92 Å². The van der Waals surface area contributed by atoms with Crippen LogP contribution in [0, 0.1) is 5.92 Å². The molecule has 0 aromatic carbocycles. The van der Waals surface area contributed by atoms with Gasteiger partial charge < -0.3 is 4.98 Å². The van der Waals surface area contributed by atoms with Crippen LogP contribution >= 0.6 is 0 Å². The summed E-state index contributed by atoms with van der Waals surface area (Å²) in [6, 6.07) is 0. The van der Waals surface area contributed by atoms with Crippen LogP contribution in [0.2, 0.25) is 0 Å². The van der Waals surface area contributed by atoms with E-state index < -0.39 is 0 Å². The molecule has 0 aliphatic carbocycles. The predicted octanol–water partition coefficient (Wildman–Crippen LogP) is 1.47. The normalized spacial score (nSPS) is 32.1. The maximum absolute atomic E-state index is 4.56. The van der Waals surface area contributed by atoms with E-state index in [-0.39, 0.29) is 0 Å². The topological polar surface area (TPSA) is 54.5 Å². The van der Waals surface area contributed by atoms with Gasteiger partial charge in [-0.2, -0.15) is 4.98 Å². The van der Waals surface area contributed by atoms with Crippen molar-refractivity contribution in [1.82, 2.24) is 24.4 Å². The molecule has 3 aliphatic rings. The van der Waals surface area contributed by atoms with Crippen molar-refractivity contribution in [2.45, 2.75) is 19.3 Å². The van der Waals surface area contributed by atoms with Gasteiger partial charge >= 0.3 is 0 Å². The van der Waals surface area contributed by atoms with E-state index in [0.717, 1.165) is 27.4 Å². The number of hydrogen-bond donors (Lipinski definition) is 1. The first kappa shape index (κ1) is 9.53. The van der Waals surface area contributed by atoms with Crippen LogP contribution in [-0.2, 0) is 0 Å².